The highest BCUT2D eigenvalue weighted by Gasteiger charge is 2.10. The Morgan fingerprint density at radius 1 is 1.15 bits per heavy atom. The minimum absolute atomic E-state index is 0.294. The summed E-state index contributed by atoms with van der Waals surface area (Å²) < 4.78 is 18.5. The van der Waals surface area contributed by atoms with E-state index in [1.807, 2.05) is 6.92 Å². The van der Waals surface area contributed by atoms with Crippen LogP contribution in [0.15, 0.2) is 53.6 Å². The zero-order valence-corrected chi connectivity index (χ0v) is 14.4. The van der Waals surface area contributed by atoms with Gasteiger partial charge in [0, 0.05) is 6.54 Å². The number of carbonyl (C=O) groups excluding carboxylic acids is 2. The van der Waals surface area contributed by atoms with Crippen LogP contribution in [0.4, 0.5) is 4.39 Å². The van der Waals surface area contributed by atoms with Crippen molar-refractivity contribution >= 4 is 18.0 Å². The van der Waals surface area contributed by atoms with Crippen LogP contribution in [0.3, 0.4) is 0 Å². The third-order valence-corrected chi connectivity index (χ3v) is 3.30. The van der Waals surface area contributed by atoms with E-state index in [4.69, 9.17) is 4.74 Å². The molecular weight excluding hydrogens is 337 g/mol. The van der Waals surface area contributed by atoms with E-state index in [1.54, 1.807) is 36.4 Å². The number of halogens is 1. The molecule has 0 aliphatic heterocycles. The minimum atomic E-state index is -0.821. The third-order valence-electron chi connectivity index (χ3n) is 3.30. The molecule has 0 spiro atoms. The predicted molar refractivity (Wildman–Crippen MR) is 96.2 cm³/mol. The summed E-state index contributed by atoms with van der Waals surface area (Å²) in [6, 6.07) is 13.1. The van der Waals surface area contributed by atoms with Gasteiger partial charge in [-0.05, 0) is 41.8 Å². The van der Waals surface area contributed by atoms with Gasteiger partial charge in [-0.25, -0.2) is 9.82 Å². The molecule has 2 amide bonds. The van der Waals surface area contributed by atoms with Crippen molar-refractivity contribution < 1.29 is 18.7 Å². The summed E-state index contributed by atoms with van der Waals surface area (Å²) in [4.78, 5) is 22.9. The molecule has 0 aliphatic carbocycles. The number of hydrogen-bond acceptors (Lipinski definition) is 4. The van der Waals surface area contributed by atoms with Gasteiger partial charge in [-0.2, -0.15) is 5.10 Å². The molecule has 0 aromatic heterocycles. The molecule has 26 heavy (non-hydrogen) atoms. The average Bonchev–Trinajstić information content (AvgIpc) is 2.66. The van der Waals surface area contributed by atoms with E-state index < -0.39 is 11.8 Å². The second kappa shape index (κ2) is 9.93. The fourth-order valence-electron chi connectivity index (χ4n) is 1.97. The Bertz CT molecular complexity index is 776. The Morgan fingerprint density at radius 3 is 2.65 bits per heavy atom. The highest BCUT2D eigenvalue weighted by molar-refractivity contribution is 6.35. The number of hydrazone groups is 1. The van der Waals surface area contributed by atoms with Gasteiger partial charge in [0.25, 0.3) is 0 Å². The van der Waals surface area contributed by atoms with Crippen molar-refractivity contribution in [2.75, 3.05) is 6.54 Å². The Hall–Kier alpha value is -3.22. The Balaban J connectivity index is 1.86. The molecule has 0 unspecified atom stereocenters. The number of carbonyl (C=O) groups is 2. The van der Waals surface area contributed by atoms with Gasteiger partial charge >= 0.3 is 11.8 Å². The highest BCUT2D eigenvalue weighted by atomic mass is 19.1. The third kappa shape index (κ3) is 6.35. The van der Waals surface area contributed by atoms with Crippen molar-refractivity contribution in [1.82, 2.24) is 10.7 Å². The van der Waals surface area contributed by atoms with Crippen LogP contribution >= 0.6 is 0 Å². The predicted octanol–water partition coefficient (Wildman–Crippen LogP) is 2.38. The maximum absolute atomic E-state index is 12.9. The van der Waals surface area contributed by atoms with Crippen molar-refractivity contribution in [2.45, 2.75) is 20.0 Å². The van der Waals surface area contributed by atoms with Crippen LogP contribution in [0.5, 0.6) is 5.75 Å². The molecule has 0 saturated heterocycles. The second-order valence-corrected chi connectivity index (χ2v) is 5.44. The van der Waals surface area contributed by atoms with E-state index in [-0.39, 0.29) is 5.82 Å². The molecule has 0 fully saturated rings. The summed E-state index contributed by atoms with van der Waals surface area (Å²) in [7, 11) is 0. The van der Waals surface area contributed by atoms with Gasteiger partial charge in [-0.15, -0.1) is 0 Å². The first kappa shape index (κ1) is 19.1. The number of amides is 2. The Kier molecular flexibility index (Phi) is 7.30. The molecule has 7 heteroatoms. The zero-order chi connectivity index (χ0) is 18.8. The smallest absolute Gasteiger partial charge is 0.329 e. The molecule has 0 bridgehead atoms. The first-order valence-electron chi connectivity index (χ1n) is 8.17. The number of benzene rings is 2. The van der Waals surface area contributed by atoms with Crippen molar-refractivity contribution in [3.8, 4) is 5.75 Å². The lowest BCUT2D eigenvalue weighted by atomic mass is 10.2. The van der Waals surface area contributed by atoms with Crippen LogP contribution < -0.4 is 15.5 Å². The first-order chi connectivity index (χ1) is 12.6. The van der Waals surface area contributed by atoms with E-state index in [0.717, 1.165) is 12.0 Å². The van der Waals surface area contributed by atoms with Gasteiger partial charge in [0.05, 0.1) is 6.21 Å². The van der Waals surface area contributed by atoms with Crippen LogP contribution in [-0.2, 0) is 16.2 Å². The molecule has 2 N–H and O–H groups in total. The molecule has 136 valence electrons. The van der Waals surface area contributed by atoms with E-state index in [2.05, 4.69) is 15.8 Å². The quantitative estimate of drug-likeness (QED) is 0.454. The molecule has 0 aliphatic rings. The number of ether oxygens (including phenoxy) is 1. The maximum Gasteiger partial charge on any atom is 0.329 e. The molecule has 0 atom stereocenters. The van der Waals surface area contributed by atoms with Gasteiger partial charge in [0.2, 0.25) is 0 Å². The van der Waals surface area contributed by atoms with E-state index in [0.29, 0.717) is 24.5 Å². The van der Waals surface area contributed by atoms with Gasteiger partial charge in [0.1, 0.15) is 18.2 Å². The van der Waals surface area contributed by atoms with E-state index in [9.17, 15) is 14.0 Å². The molecule has 0 radical (unpaired) electrons. The molecule has 2 aromatic rings. The summed E-state index contributed by atoms with van der Waals surface area (Å²) in [5.74, 6) is -1.23. The molecule has 6 nitrogen and oxygen atoms in total. The van der Waals surface area contributed by atoms with Crippen LogP contribution in [0.25, 0.3) is 0 Å². The normalized spacial score (nSPS) is 10.5. The van der Waals surface area contributed by atoms with Crippen LogP contribution in [0, 0.1) is 5.82 Å². The first-order valence-corrected chi connectivity index (χ1v) is 8.17. The van der Waals surface area contributed by atoms with Gasteiger partial charge in [0.15, 0.2) is 0 Å². The Labute approximate surface area is 151 Å². The average molecular weight is 357 g/mol. The lowest BCUT2D eigenvalue weighted by Crippen LogP contribution is -2.38. The fraction of sp³-hybridized carbons (Fsp3) is 0.211. The van der Waals surface area contributed by atoms with Crippen LogP contribution in [0.2, 0.25) is 0 Å². The minimum Gasteiger partial charge on any atom is -0.489 e. The molecule has 2 aromatic carbocycles. The lowest BCUT2D eigenvalue weighted by molar-refractivity contribution is -0.139. The second-order valence-electron chi connectivity index (χ2n) is 5.44. The fourth-order valence-corrected chi connectivity index (χ4v) is 1.97. The van der Waals surface area contributed by atoms with E-state index >= 15 is 0 Å². The summed E-state index contributed by atoms with van der Waals surface area (Å²) >= 11 is 0. The zero-order valence-electron chi connectivity index (χ0n) is 14.4. The number of hydrogen-bond donors (Lipinski definition) is 2. The van der Waals surface area contributed by atoms with Gasteiger partial charge < -0.3 is 10.1 Å². The van der Waals surface area contributed by atoms with Crippen LogP contribution in [0.1, 0.15) is 24.5 Å². The largest absolute Gasteiger partial charge is 0.489 e. The molecular formula is C19H20FN3O3. The van der Waals surface area contributed by atoms with Crippen molar-refractivity contribution in [2.24, 2.45) is 5.10 Å². The van der Waals surface area contributed by atoms with Crippen molar-refractivity contribution in [1.29, 1.82) is 0 Å². The maximum atomic E-state index is 12.9. The number of rotatable bonds is 7. The summed E-state index contributed by atoms with van der Waals surface area (Å²) in [5.41, 5.74) is 3.70. The number of nitrogens with one attached hydrogen (secondary N) is 2. The van der Waals surface area contributed by atoms with Crippen molar-refractivity contribution in [3.05, 3.63) is 65.5 Å². The van der Waals surface area contributed by atoms with E-state index in [1.165, 1.54) is 18.3 Å². The highest BCUT2D eigenvalue weighted by Crippen LogP contribution is 2.14. The summed E-state index contributed by atoms with van der Waals surface area (Å²) in [6.07, 6.45) is 2.16. The van der Waals surface area contributed by atoms with Crippen molar-refractivity contribution in [3.63, 3.8) is 0 Å². The monoisotopic (exact) mass is 357 g/mol. The van der Waals surface area contributed by atoms with Gasteiger partial charge in [-0.3, -0.25) is 9.59 Å². The standard InChI is InChI=1S/C19H20FN3O3/c1-2-10-21-18(24)19(25)23-22-12-15-4-3-5-17(11-15)26-13-14-6-8-16(20)9-7-14/h3-9,11-12H,2,10,13H2,1H3,(H,21,24)(H,23,25)/b22-12-. The lowest BCUT2D eigenvalue weighted by Gasteiger charge is -2.07. The SMILES string of the molecule is CCCNC(=O)C(=O)N/N=C\c1cccc(OCc2ccc(F)cc2)c1. The summed E-state index contributed by atoms with van der Waals surface area (Å²) in [6.45, 7) is 2.63. The topological polar surface area (TPSA) is 79.8 Å². The van der Waals surface area contributed by atoms with Crippen LogP contribution in [-0.4, -0.2) is 24.6 Å². The Morgan fingerprint density at radius 2 is 1.92 bits per heavy atom. The van der Waals surface area contributed by atoms with Gasteiger partial charge in [-0.1, -0.05) is 31.2 Å². The summed E-state index contributed by atoms with van der Waals surface area (Å²) in [5, 5.41) is 6.21. The molecule has 2 rings (SSSR count). The molecule has 0 saturated carbocycles. The molecule has 0 heterocycles. The number of nitrogens with zero attached hydrogens (tertiary/aromatic N) is 1.